The average Bonchev–Trinajstić information content (AvgIpc) is 3.05. The van der Waals surface area contributed by atoms with Gasteiger partial charge in [0.2, 0.25) is 11.8 Å². The molecule has 2 saturated heterocycles. The fourth-order valence-corrected chi connectivity index (χ4v) is 6.96. The SMILES string of the molecule is CCCN1C(=O)[C@@H]([C@H](O)C2CCCCC2)NC(=O)C12CCN(Cc1ccc(COc3ccc(C(=O)NC)cc3)cc1)CC2. The molecule has 232 valence electrons. The highest BCUT2D eigenvalue weighted by Gasteiger charge is 2.55. The van der Waals surface area contributed by atoms with Crippen LogP contribution in [0.2, 0.25) is 0 Å². The van der Waals surface area contributed by atoms with Crippen LogP contribution in [0.1, 0.15) is 79.8 Å². The van der Waals surface area contributed by atoms with Gasteiger partial charge >= 0.3 is 0 Å². The molecule has 2 aromatic carbocycles. The molecule has 3 amide bonds. The number of piperazine rings is 1. The maximum Gasteiger partial charge on any atom is 0.251 e. The van der Waals surface area contributed by atoms with Gasteiger partial charge in [0, 0.05) is 38.8 Å². The second kappa shape index (κ2) is 13.9. The zero-order chi connectivity index (χ0) is 30.4. The molecule has 43 heavy (non-hydrogen) atoms. The van der Waals surface area contributed by atoms with E-state index in [4.69, 9.17) is 4.74 Å². The van der Waals surface area contributed by atoms with E-state index in [1.807, 2.05) is 6.92 Å². The van der Waals surface area contributed by atoms with Crippen molar-refractivity contribution in [1.29, 1.82) is 0 Å². The normalized spacial score (nSPS) is 21.8. The summed E-state index contributed by atoms with van der Waals surface area (Å²) in [6.07, 6.45) is 6.26. The van der Waals surface area contributed by atoms with Crippen molar-refractivity contribution >= 4 is 17.7 Å². The average molecular weight is 591 g/mol. The molecule has 9 nitrogen and oxygen atoms in total. The minimum absolute atomic E-state index is 0.0714. The van der Waals surface area contributed by atoms with Gasteiger partial charge in [0.1, 0.15) is 23.9 Å². The maximum absolute atomic E-state index is 13.7. The Morgan fingerprint density at radius 1 is 1.02 bits per heavy atom. The molecule has 5 rings (SSSR count). The number of amides is 3. The molecule has 3 aliphatic rings. The maximum atomic E-state index is 13.7. The minimum atomic E-state index is -0.841. The van der Waals surface area contributed by atoms with Gasteiger partial charge in [0.15, 0.2) is 0 Å². The van der Waals surface area contributed by atoms with E-state index in [1.165, 1.54) is 12.0 Å². The number of benzene rings is 2. The summed E-state index contributed by atoms with van der Waals surface area (Å²) in [4.78, 5) is 43.3. The summed E-state index contributed by atoms with van der Waals surface area (Å²) in [5.41, 5.74) is 1.98. The van der Waals surface area contributed by atoms with Crippen molar-refractivity contribution in [3.8, 4) is 5.75 Å². The van der Waals surface area contributed by atoms with Crippen LogP contribution in [0.5, 0.6) is 5.75 Å². The second-order valence-electron chi connectivity index (χ2n) is 12.3. The zero-order valence-electron chi connectivity index (χ0n) is 25.5. The third-order valence-corrected chi connectivity index (χ3v) is 9.54. The van der Waals surface area contributed by atoms with E-state index in [0.29, 0.717) is 50.4 Å². The highest BCUT2D eigenvalue weighted by atomic mass is 16.5. The van der Waals surface area contributed by atoms with Crippen LogP contribution in [0.3, 0.4) is 0 Å². The number of piperidine rings is 1. The van der Waals surface area contributed by atoms with E-state index in [2.05, 4.69) is 39.8 Å². The number of carbonyl (C=O) groups excluding carboxylic acids is 3. The van der Waals surface area contributed by atoms with Crippen molar-refractivity contribution in [2.45, 2.75) is 89.1 Å². The van der Waals surface area contributed by atoms with Crippen molar-refractivity contribution < 1.29 is 24.2 Å². The Bertz CT molecular complexity index is 1250. The number of ether oxygens (including phenoxy) is 1. The van der Waals surface area contributed by atoms with E-state index in [-0.39, 0.29) is 23.6 Å². The van der Waals surface area contributed by atoms with Crippen LogP contribution in [0.25, 0.3) is 0 Å². The van der Waals surface area contributed by atoms with Gasteiger partial charge in [-0.1, -0.05) is 50.5 Å². The monoisotopic (exact) mass is 590 g/mol. The van der Waals surface area contributed by atoms with Crippen LogP contribution < -0.4 is 15.4 Å². The molecule has 1 saturated carbocycles. The first-order valence-electron chi connectivity index (χ1n) is 15.9. The lowest BCUT2D eigenvalue weighted by atomic mass is 9.78. The Kier molecular flexibility index (Phi) is 10.0. The van der Waals surface area contributed by atoms with Crippen molar-refractivity contribution in [2.24, 2.45) is 5.92 Å². The largest absolute Gasteiger partial charge is 0.489 e. The van der Waals surface area contributed by atoms with E-state index in [0.717, 1.165) is 44.2 Å². The lowest BCUT2D eigenvalue weighted by Gasteiger charge is -2.52. The number of rotatable bonds is 10. The smallest absolute Gasteiger partial charge is 0.251 e. The first kappa shape index (κ1) is 31.0. The summed E-state index contributed by atoms with van der Waals surface area (Å²) in [6, 6.07) is 14.6. The molecule has 0 unspecified atom stereocenters. The first-order valence-corrected chi connectivity index (χ1v) is 15.9. The number of likely N-dealkylation sites (tertiary alicyclic amines) is 1. The molecule has 3 fully saturated rings. The Morgan fingerprint density at radius 2 is 1.67 bits per heavy atom. The molecular weight excluding hydrogens is 544 g/mol. The van der Waals surface area contributed by atoms with Gasteiger partial charge in [-0.3, -0.25) is 19.3 Å². The van der Waals surface area contributed by atoms with Gasteiger partial charge in [-0.15, -0.1) is 0 Å². The van der Waals surface area contributed by atoms with Crippen molar-refractivity contribution in [1.82, 2.24) is 20.4 Å². The predicted octanol–water partition coefficient (Wildman–Crippen LogP) is 3.64. The summed E-state index contributed by atoms with van der Waals surface area (Å²) in [6.45, 7) is 5.19. The van der Waals surface area contributed by atoms with Crippen LogP contribution in [0.15, 0.2) is 48.5 Å². The summed E-state index contributed by atoms with van der Waals surface area (Å²) >= 11 is 0. The number of hydrogen-bond donors (Lipinski definition) is 3. The zero-order valence-corrected chi connectivity index (χ0v) is 25.5. The Balaban J connectivity index is 1.15. The number of nitrogens with zero attached hydrogens (tertiary/aromatic N) is 2. The van der Waals surface area contributed by atoms with Crippen molar-refractivity contribution in [3.05, 3.63) is 65.2 Å². The second-order valence-corrected chi connectivity index (χ2v) is 12.3. The molecule has 1 aliphatic carbocycles. The molecule has 2 aromatic rings. The van der Waals surface area contributed by atoms with Crippen LogP contribution in [-0.2, 0) is 22.7 Å². The van der Waals surface area contributed by atoms with Gasteiger partial charge in [0.25, 0.3) is 5.91 Å². The summed E-state index contributed by atoms with van der Waals surface area (Å²) in [5, 5.41) is 16.7. The first-order chi connectivity index (χ1) is 20.8. The van der Waals surface area contributed by atoms with E-state index >= 15 is 0 Å². The summed E-state index contributed by atoms with van der Waals surface area (Å²) < 4.78 is 5.89. The van der Waals surface area contributed by atoms with E-state index in [9.17, 15) is 19.5 Å². The quantitative estimate of drug-likeness (QED) is 0.390. The van der Waals surface area contributed by atoms with Crippen molar-refractivity contribution in [2.75, 3.05) is 26.7 Å². The van der Waals surface area contributed by atoms with Crippen LogP contribution in [0, 0.1) is 5.92 Å². The van der Waals surface area contributed by atoms with Crippen LogP contribution in [-0.4, -0.2) is 77.0 Å². The topological polar surface area (TPSA) is 111 Å². The van der Waals surface area contributed by atoms with E-state index in [1.54, 1.807) is 36.2 Å². The molecular formula is C34H46N4O5. The number of carbonyl (C=O) groups is 3. The minimum Gasteiger partial charge on any atom is -0.489 e. The van der Waals surface area contributed by atoms with Crippen LogP contribution >= 0.6 is 0 Å². The molecule has 3 N–H and O–H groups in total. The third-order valence-electron chi connectivity index (χ3n) is 9.54. The van der Waals surface area contributed by atoms with Crippen molar-refractivity contribution in [3.63, 3.8) is 0 Å². The number of aliphatic hydroxyl groups excluding tert-OH is 1. The molecule has 0 radical (unpaired) electrons. The summed E-state index contributed by atoms with van der Waals surface area (Å²) in [5.74, 6) is 0.428. The fraction of sp³-hybridized carbons (Fsp3) is 0.559. The molecule has 2 atom stereocenters. The molecule has 9 heteroatoms. The fourth-order valence-electron chi connectivity index (χ4n) is 6.96. The molecule has 0 aromatic heterocycles. The Hall–Kier alpha value is -3.43. The van der Waals surface area contributed by atoms with Gasteiger partial charge < -0.3 is 25.4 Å². The number of hydrogen-bond acceptors (Lipinski definition) is 6. The van der Waals surface area contributed by atoms with Gasteiger partial charge in [-0.05, 0) is 73.4 Å². The third kappa shape index (κ3) is 6.88. The van der Waals surface area contributed by atoms with E-state index < -0.39 is 17.7 Å². The Labute approximate surface area is 255 Å². The molecule has 2 aliphatic heterocycles. The standard InChI is InChI=1S/C34H46N4O5/c1-3-19-38-32(41)29(30(39)26-7-5-4-6-8-26)36-33(42)34(38)17-20-37(21-18-34)22-24-9-11-25(12-10-24)23-43-28-15-13-27(14-16-28)31(40)35-2/h9-16,26,29-30,39H,3-8,17-23H2,1-2H3,(H,35,40)(H,36,42)/t29-,30-/m1/s1. The highest BCUT2D eigenvalue weighted by molar-refractivity contribution is 6.00. The highest BCUT2D eigenvalue weighted by Crippen LogP contribution is 2.36. The lowest BCUT2D eigenvalue weighted by Crippen LogP contribution is -2.75. The van der Waals surface area contributed by atoms with Gasteiger partial charge in [-0.25, -0.2) is 0 Å². The number of nitrogens with one attached hydrogen (secondary N) is 2. The molecule has 0 bridgehead atoms. The number of aliphatic hydroxyl groups is 1. The predicted molar refractivity (Wildman–Crippen MR) is 164 cm³/mol. The molecule has 1 spiro atoms. The molecule has 2 heterocycles. The van der Waals surface area contributed by atoms with Gasteiger partial charge in [-0.2, -0.15) is 0 Å². The Morgan fingerprint density at radius 3 is 2.30 bits per heavy atom. The van der Waals surface area contributed by atoms with Crippen LogP contribution in [0.4, 0.5) is 0 Å². The van der Waals surface area contributed by atoms with Gasteiger partial charge in [0.05, 0.1) is 6.10 Å². The lowest BCUT2D eigenvalue weighted by molar-refractivity contribution is -0.165. The summed E-state index contributed by atoms with van der Waals surface area (Å²) in [7, 11) is 1.61.